The number of ether oxygens (including phenoxy) is 1. The van der Waals surface area contributed by atoms with Gasteiger partial charge in [-0.3, -0.25) is 10.1 Å². The molecule has 2 amide bonds. The second-order valence-corrected chi connectivity index (χ2v) is 3.81. The minimum atomic E-state index is -0.613. The second kappa shape index (κ2) is 4.44. The van der Waals surface area contributed by atoms with Gasteiger partial charge in [-0.2, -0.15) is 0 Å². The maximum Gasteiger partial charge on any atom is 0.413 e. The number of cyclic esters (lactones) is 1. The number of carbonyl (C=O) groups is 2. The Morgan fingerprint density at radius 1 is 1.29 bits per heavy atom. The summed E-state index contributed by atoms with van der Waals surface area (Å²) in [6, 6.07) is 0. The van der Waals surface area contributed by atoms with E-state index in [1.807, 2.05) is 13.8 Å². The third kappa shape index (κ3) is 2.05. The number of amides is 2. The zero-order valence-corrected chi connectivity index (χ0v) is 8.76. The van der Waals surface area contributed by atoms with Crippen molar-refractivity contribution < 1.29 is 14.3 Å². The molecule has 1 aliphatic heterocycles. The van der Waals surface area contributed by atoms with Crippen molar-refractivity contribution in [2.24, 2.45) is 5.41 Å². The van der Waals surface area contributed by atoms with Crippen molar-refractivity contribution >= 4 is 12.0 Å². The van der Waals surface area contributed by atoms with Gasteiger partial charge in [0, 0.05) is 0 Å². The van der Waals surface area contributed by atoms with E-state index < -0.39 is 11.5 Å². The number of hydrogen-bond donors (Lipinski definition) is 1. The molecule has 1 aliphatic rings. The van der Waals surface area contributed by atoms with Gasteiger partial charge >= 0.3 is 6.09 Å². The molecule has 0 spiro atoms. The fraction of sp³-hybridized carbons (Fsp3) is 0.800. The van der Waals surface area contributed by atoms with E-state index in [2.05, 4.69) is 5.32 Å². The molecule has 1 N–H and O–H groups in total. The maximum absolute atomic E-state index is 11.7. The van der Waals surface area contributed by atoms with Gasteiger partial charge in [0.15, 0.2) is 0 Å². The van der Waals surface area contributed by atoms with E-state index >= 15 is 0 Å². The summed E-state index contributed by atoms with van der Waals surface area (Å²) in [7, 11) is 0. The smallest absolute Gasteiger partial charge is 0.413 e. The van der Waals surface area contributed by atoms with Crippen molar-refractivity contribution in [1.29, 1.82) is 0 Å². The van der Waals surface area contributed by atoms with Crippen molar-refractivity contribution in [3.63, 3.8) is 0 Å². The molecule has 1 rings (SSSR count). The van der Waals surface area contributed by atoms with Gasteiger partial charge in [0.1, 0.15) is 6.61 Å². The highest BCUT2D eigenvalue weighted by atomic mass is 16.6. The highest BCUT2D eigenvalue weighted by Crippen LogP contribution is 2.32. The van der Waals surface area contributed by atoms with Gasteiger partial charge in [-0.05, 0) is 12.8 Å². The lowest BCUT2D eigenvalue weighted by Gasteiger charge is -2.34. The predicted molar refractivity (Wildman–Crippen MR) is 51.7 cm³/mol. The molecule has 0 atom stereocenters. The number of rotatable bonds is 4. The van der Waals surface area contributed by atoms with E-state index in [0.29, 0.717) is 0 Å². The first-order valence-corrected chi connectivity index (χ1v) is 5.13. The van der Waals surface area contributed by atoms with E-state index in [9.17, 15) is 9.59 Å². The molecule has 1 saturated heterocycles. The first-order chi connectivity index (χ1) is 6.64. The van der Waals surface area contributed by atoms with Gasteiger partial charge < -0.3 is 4.74 Å². The van der Waals surface area contributed by atoms with Gasteiger partial charge in [-0.25, -0.2) is 4.79 Å². The number of carbonyl (C=O) groups excluding carboxylic acids is 2. The number of hydrogen-bond acceptors (Lipinski definition) is 3. The fourth-order valence-electron chi connectivity index (χ4n) is 1.98. The Labute approximate surface area is 84.0 Å². The van der Waals surface area contributed by atoms with Gasteiger partial charge in [0.2, 0.25) is 5.91 Å². The summed E-state index contributed by atoms with van der Waals surface area (Å²) in [6.45, 7) is 4.29. The summed E-state index contributed by atoms with van der Waals surface area (Å²) in [5.41, 5.74) is -0.475. The quantitative estimate of drug-likeness (QED) is 0.751. The third-order valence-electron chi connectivity index (χ3n) is 2.63. The van der Waals surface area contributed by atoms with E-state index in [0.717, 1.165) is 25.7 Å². The highest BCUT2D eigenvalue weighted by molar-refractivity contribution is 5.97. The zero-order valence-electron chi connectivity index (χ0n) is 8.76. The molecule has 4 nitrogen and oxygen atoms in total. The average molecular weight is 199 g/mol. The molecule has 0 aromatic heterocycles. The molecule has 0 unspecified atom stereocenters. The van der Waals surface area contributed by atoms with Gasteiger partial charge in [-0.1, -0.05) is 26.7 Å². The van der Waals surface area contributed by atoms with Crippen LogP contribution in [-0.2, 0) is 9.53 Å². The third-order valence-corrected chi connectivity index (χ3v) is 2.63. The fourth-order valence-corrected chi connectivity index (χ4v) is 1.98. The Morgan fingerprint density at radius 2 is 1.86 bits per heavy atom. The van der Waals surface area contributed by atoms with Crippen LogP contribution in [0.2, 0.25) is 0 Å². The van der Waals surface area contributed by atoms with Crippen LogP contribution in [0, 0.1) is 5.41 Å². The van der Waals surface area contributed by atoms with Crippen LogP contribution < -0.4 is 5.32 Å². The lowest BCUT2D eigenvalue weighted by atomic mass is 9.78. The molecule has 0 radical (unpaired) electrons. The standard InChI is InChI=1S/C10H17NO3/c1-3-5-10(6-4-2)7-14-9(13)11-8(10)12/h3-7H2,1-2H3,(H,11,12,13). The monoisotopic (exact) mass is 199 g/mol. The zero-order chi connectivity index (χ0) is 10.6. The Morgan fingerprint density at radius 3 is 2.29 bits per heavy atom. The highest BCUT2D eigenvalue weighted by Gasteiger charge is 2.42. The molecular formula is C10H17NO3. The Kier molecular flexibility index (Phi) is 3.49. The molecule has 0 aliphatic carbocycles. The van der Waals surface area contributed by atoms with Crippen LogP contribution in [0.4, 0.5) is 4.79 Å². The molecule has 0 saturated carbocycles. The lowest BCUT2D eigenvalue weighted by molar-refractivity contribution is -0.137. The predicted octanol–water partition coefficient (Wildman–Crippen LogP) is 1.84. The summed E-state index contributed by atoms with van der Waals surface area (Å²) in [5, 5.41) is 2.24. The summed E-state index contributed by atoms with van der Waals surface area (Å²) in [5.74, 6) is -0.169. The molecular weight excluding hydrogens is 182 g/mol. The van der Waals surface area contributed by atoms with E-state index in [1.165, 1.54) is 0 Å². The summed E-state index contributed by atoms with van der Waals surface area (Å²) in [4.78, 5) is 22.5. The summed E-state index contributed by atoms with van der Waals surface area (Å²) >= 11 is 0. The minimum absolute atomic E-state index is 0.169. The van der Waals surface area contributed by atoms with Crippen molar-refractivity contribution in [3.8, 4) is 0 Å². The Bertz CT molecular complexity index is 232. The van der Waals surface area contributed by atoms with Crippen molar-refractivity contribution in [1.82, 2.24) is 5.32 Å². The number of imide groups is 1. The largest absolute Gasteiger partial charge is 0.448 e. The lowest BCUT2D eigenvalue weighted by Crippen LogP contribution is -2.52. The van der Waals surface area contributed by atoms with Crippen LogP contribution in [0.5, 0.6) is 0 Å². The Hall–Kier alpha value is -1.06. The van der Waals surface area contributed by atoms with E-state index in [-0.39, 0.29) is 12.5 Å². The van der Waals surface area contributed by atoms with Gasteiger partial charge in [0.25, 0.3) is 0 Å². The van der Waals surface area contributed by atoms with Crippen LogP contribution in [0.1, 0.15) is 39.5 Å². The average Bonchev–Trinajstić information content (AvgIpc) is 2.13. The van der Waals surface area contributed by atoms with Crippen molar-refractivity contribution in [2.45, 2.75) is 39.5 Å². The van der Waals surface area contributed by atoms with Crippen molar-refractivity contribution in [3.05, 3.63) is 0 Å². The Balaban J connectivity index is 2.75. The molecule has 0 bridgehead atoms. The topological polar surface area (TPSA) is 55.4 Å². The van der Waals surface area contributed by atoms with Crippen LogP contribution in [0.15, 0.2) is 0 Å². The van der Waals surface area contributed by atoms with Crippen LogP contribution >= 0.6 is 0 Å². The SMILES string of the molecule is CCCC1(CCC)COC(=O)NC1=O. The normalized spacial score (nSPS) is 20.1. The van der Waals surface area contributed by atoms with Crippen LogP contribution in [0.3, 0.4) is 0 Å². The molecule has 14 heavy (non-hydrogen) atoms. The van der Waals surface area contributed by atoms with Gasteiger partial charge in [0.05, 0.1) is 5.41 Å². The molecule has 80 valence electrons. The first-order valence-electron chi connectivity index (χ1n) is 5.13. The molecule has 4 heteroatoms. The van der Waals surface area contributed by atoms with Crippen LogP contribution in [0.25, 0.3) is 0 Å². The van der Waals surface area contributed by atoms with Crippen molar-refractivity contribution in [2.75, 3.05) is 6.61 Å². The molecule has 1 heterocycles. The van der Waals surface area contributed by atoms with Gasteiger partial charge in [-0.15, -0.1) is 0 Å². The first kappa shape index (κ1) is 11.0. The number of alkyl carbamates (subject to hydrolysis) is 1. The van der Waals surface area contributed by atoms with E-state index in [4.69, 9.17) is 4.74 Å². The molecule has 0 aromatic carbocycles. The minimum Gasteiger partial charge on any atom is -0.448 e. The van der Waals surface area contributed by atoms with E-state index in [1.54, 1.807) is 0 Å². The maximum atomic E-state index is 11.7. The summed E-state index contributed by atoms with van der Waals surface area (Å²) < 4.78 is 4.90. The molecule has 0 aromatic rings. The molecule has 1 fully saturated rings. The van der Waals surface area contributed by atoms with Crippen LogP contribution in [-0.4, -0.2) is 18.6 Å². The second-order valence-electron chi connectivity index (χ2n) is 3.81. The summed E-state index contributed by atoms with van der Waals surface area (Å²) in [6.07, 6.45) is 2.79. The number of nitrogens with one attached hydrogen (secondary N) is 1.